The highest BCUT2D eigenvalue weighted by molar-refractivity contribution is 5.77. The smallest absolute Gasteiger partial charge is 0.325 e. The summed E-state index contributed by atoms with van der Waals surface area (Å²) in [6, 6.07) is 6.62. The van der Waals surface area contributed by atoms with Crippen LogP contribution in [0.3, 0.4) is 0 Å². The molecule has 3 heterocycles. The molecule has 4 rings (SSSR count). The first-order valence-corrected chi connectivity index (χ1v) is 14.1. The Hall–Kier alpha value is -2.71. The highest BCUT2D eigenvalue weighted by atomic mass is 19.1. The van der Waals surface area contributed by atoms with E-state index in [2.05, 4.69) is 17.4 Å². The monoisotopic (exact) mass is 527 g/mol. The maximum atomic E-state index is 14.9. The standard InChI is InChI=1S/C30H42FN3O4/c1-4-37-28-25(17-22(20(2)3)18-26(28)31)27(30(35)36)34-15-13-24(19-34)38-16-7-5-6-10-23-12-11-21-9-8-14-32-29(21)33-23/h11-12,17-18,20,24,27H,4-10,13-16,19H2,1-3H3,(H,32,33)(H,35,36)/t24-,27?/m1/s1. The van der Waals surface area contributed by atoms with Crippen molar-refractivity contribution in [2.24, 2.45) is 0 Å². The van der Waals surface area contributed by atoms with Crippen LogP contribution in [0.1, 0.15) is 87.2 Å². The highest BCUT2D eigenvalue weighted by Crippen LogP contribution is 2.37. The van der Waals surface area contributed by atoms with Crippen molar-refractivity contribution in [2.45, 2.75) is 83.8 Å². The molecular weight excluding hydrogens is 485 g/mol. The summed E-state index contributed by atoms with van der Waals surface area (Å²) in [7, 11) is 0. The zero-order valence-corrected chi connectivity index (χ0v) is 23.0. The summed E-state index contributed by atoms with van der Waals surface area (Å²) in [5.41, 5.74) is 3.60. The van der Waals surface area contributed by atoms with E-state index >= 15 is 0 Å². The summed E-state index contributed by atoms with van der Waals surface area (Å²) in [5, 5.41) is 13.5. The van der Waals surface area contributed by atoms with Crippen LogP contribution < -0.4 is 10.1 Å². The van der Waals surface area contributed by atoms with Crippen LogP contribution in [0, 0.1) is 5.82 Å². The van der Waals surface area contributed by atoms with Crippen LogP contribution in [-0.2, 0) is 22.4 Å². The maximum Gasteiger partial charge on any atom is 0.325 e. The van der Waals surface area contributed by atoms with Crippen molar-refractivity contribution >= 4 is 11.8 Å². The summed E-state index contributed by atoms with van der Waals surface area (Å²) in [4.78, 5) is 19.0. The van der Waals surface area contributed by atoms with E-state index in [9.17, 15) is 14.3 Å². The number of aliphatic carboxylic acids is 1. The number of aryl methyl sites for hydroxylation is 2. The van der Waals surface area contributed by atoms with E-state index in [1.54, 1.807) is 13.0 Å². The number of anilines is 1. The zero-order chi connectivity index (χ0) is 27.1. The number of carbonyl (C=O) groups is 1. The lowest BCUT2D eigenvalue weighted by Gasteiger charge is -2.27. The molecule has 0 aliphatic carbocycles. The van der Waals surface area contributed by atoms with Gasteiger partial charge in [-0.3, -0.25) is 9.69 Å². The van der Waals surface area contributed by atoms with Crippen molar-refractivity contribution in [3.05, 3.63) is 52.5 Å². The molecule has 2 aromatic rings. The number of pyridine rings is 1. The van der Waals surface area contributed by atoms with Crippen LogP contribution >= 0.6 is 0 Å². The van der Waals surface area contributed by atoms with E-state index < -0.39 is 17.8 Å². The molecule has 1 aromatic heterocycles. The second kappa shape index (κ2) is 13.4. The van der Waals surface area contributed by atoms with Crippen LogP contribution in [0.15, 0.2) is 24.3 Å². The third-order valence-corrected chi connectivity index (χ3v) is 7.50. The SMILES string of the molecule is CCOc1c(F)cc(C(C)C)cc1C(C(=O)O)N1CC[C@@H](OCCCCCc2ccc3c(n2)NCCC3)C1. The Labute approximate surface area is 225 Å². The number of hydrogen-bond acceptors (Lipinski definition) is 6. The molecule has 8 heteroatoms. The number of likely N-dealkylation sites (tertiary alicyclic amines) is 1. The number of rotatable bonds is 13. The van der Waals surface area contributed by atoms with Gasteiger partial charge in [0.2, 0.25) is 0 Å². The first-order chi connectivity index (χ1) is 18.4. The molecule has 0 bridgehead atoms. The Morgan fingerprint density at radius 1 is 1.26 bits per heavy atom. The topological polar surface area (TPSA) is 83.9 Å². The van der Waals surface area contributed by atoms with Gasteiger partial charge in [0.25, 0.3) is 0 Å². The maximum absolute atomic E-state index is 14.9. The van der Waals surface area contributed by atoms with Gasteiger partial charge in [0.15, 0.2) is 11.6 Å². The van der Waals surface area contributed by atoms with E-state index in [4.69, 9.17) is 14.5 Å². The number of fused-ring (bicyclic) bond motifs is 1. The number of nitrogens with one attached hydrogen (secondary N) is 1. The summed E-state index contributed by atoms with van der Waals surface area (Å²) in [5.74, 6) is -0.346. The van der Waals surface area contributed by atoms with Crippen molar-refractivity contribution in [2.75, 3.05) is 38.2 Å². The quantitative estimate of drug-likeness (QED) is 0.322. The lowest BCUT2D eigenvalue weighted by Crippen LogP contribution is -2.34. The minimum atomic E-state index is -1.00. The molecule has 0 amide bonds. The van der Waals surface area contributed by atoms with Gasteiger partial charge in [-0.1, -0.05) is 26.3 Å². The van der Waals surface area contributed by atoms with Crippen molar-refractivity contribution < 1.29 is 23.8 Å². The molecule has 1 unspecified atom stereocenters. The molecule has 2 N–H and O–H groups in total. The van der Waals surface area contributed by atoms with Crippen LogP contribution in [0.2, 0.25) is 0 Å². The summed E-state index contributed by atoms with van der Waals surface area (Å²) in [6.07, 6.45) is 7.03. The molecule has 7 nitrogen and oxygen atoms in total. The molecule has 208 valence electrons. The number of hydrogen-bond donors (Lipinski definition) is 2. The Morgan fingerprint density at radius 2 is 2.11 bits per heavy atom. The molecule has 0 radical (unpaired) electrons. The molecule has 38 heavy (non-hydrogen) atoms. The van der Waals surface area contributed by atoms with E-state index in [-0.39, 0.29) is 24.4 Å². The summed E-state index contributed by atoms with van der Waals surface area (Å²) in [6.45, 7) is 8.71. The number of benzene rings is 1. The zero-order valence-electron chi connectivity index (χ0n) is 23.0. The number of carboxylic acid groups (broad SMARTS) is 1. The molecule has 0 saturated carbocycles. The molecule has 2 aliphatic rings. The number of carboxylic acids is 1. The normalized spacial score (nSPS) is 18.3. The predicted molar refractivity (Wildman–Crippen MR) is 147 cm³/mol. The molecule has 0 spiro atoms. The number of halogens is 1. The molecule has 2 aliphatic heterocycles. The van der Waals surface area contributed by atoms with E-state index in [0.717, 1.165) is 62.1 Å². The van der Waals surface area contributed by atoms with Gasteiger partial charge in [0.1, 0.15) is 11.9 Å². The Kier molecular flexibility index (Phi) is 9.97. The lowest BCUT2D eigenvalue weighted by molar-refractivity contribution is -0.143. The first kappa shape index (κ1) is 28.3. The van der Waals surface area contributed by atoms with Crippen molar-refractivity contribution in [1.29, 1.82) is 0 Å². The highest BCUT2D eigenvalue weighted by Gasteiger charge is 2.37. The fourth-order valence-corrected chi connectivity index (χ4v) is 5.42. The predicted octanol–water partition coefficient (Wildman–Crippen LogP) is 5.73. The van der Waals surface area contributed by atoms with Gasteiger partial charge in [-0.25, -0.2) is 9.37 Å². The second-order valence-electron chi connectivity index (χ2n) is 10.7. The minimum Gasteiger partial charge on any atom is -0.490 e. The number of aromatic nitrogens is 1. The summed E-state index contributed by atoms with van der Waals surface area (Å²) < 4.78 is 26.6. The first-order valence-electron chi connectivity index (χ1n) is 14.1. The van der Waals surface area contributed by atoms with Crippen LogP contribution in [-0.4, -0.2) is 59.9 Å². The van der Waals surface area contributed by atoms with Crippen LogP contribution in [0.4, 0.5) is 10.2 Å². The van der Waals surface area contributed by atoms with Gasteiger partial charge in [-0.15, -0.1) is 0 Å². The Morgan fingerprint density at radius 3 is 2.87 bits per heavy atom. The molecule has 2 atom stereocenters. The molecule has 1 saturated heterocycles. The van der Waals surface area contributed by atoms with E-state index in [1.807, 2.05) is 18.7 Å². The van der Waals surface area contributed by atoms with Gasteiger partial charge in [-0.05, 0) is 80.7 Å². The fraction of sp³-hybridized carbons (Fsp3) is 0.600. The number of unbranched alkanes of at least 4 members (excludes halogenated alkanes) is 2. The largest absolute Gasteiger partial charge is 0.490 e. The summed E-state index contributed by atoms with van der Waals surface area (Å²) >= 11 is 0. The van der Waals surface area contributed by atoms with Crippen molar-refractivity contribution in [3.63, 3.8) is 0 Å². The molecular formula is C30H42FN3O4. The van der Waals surface area contributed by atoms with E-state index in [1.165, 1.54) is 18.1 Å². The molecule has 1 fully saturated rings. The Balaban J connectivity index is 1.27. The van der Waals surface area contributed by atoms with Gasteiger partial charge in [0, 0.05) is 37.5 Å². The molecule has 1 aromatic carbocycles. The minimum absolute atomic E-state index is 0.0288. The van der Waals surface area contributed by atoms with E-state index in [0.29, 0.717) is 25.3 Å². The lowest BCUT2D eigenvalue weighted by atomic mass is 9.95. The van der Waals surface area contributed by atoms with Crippen LogP contribution in [0.25, 0.3) is 0 Å². The van der Waals surface area contributed by atoms with Crippen LogP contribution in [0.5, 0.6) is 5.75 Å². The van der Waals surface area contributed by atoms with Crippen molar-refractivity contribution in [1.82, 2.24) is 9.88 Å². The fourth-order valence-electron chi connectivity index (χ4n) is 5.42. The number of ether oxygens (including phenoxy) is 2. The second-order valence-corrected chi connectivity index (χ2v) is 10.7. The van der Waals surface area contributed by atoms with Gasteiger partial charge in [0.05, 0.1) is 12.7 Å². The third kappa shape index (κ3) is 7.03. The Bertz CT molecular complexity index is 1090. The number of nitrogens with zero attached hydrogens (tertiary/aromatic N) is 2. The van der Waals surface area contributed by atoms with Gasteiger partial charge >= 0.3 is 5.97 Å². The van der Waals surface area contributed by atoms with Gasteiger partial charge in [-0.2, -0.15) is 0 Å². The van der Waals surface area contributed by atoms with Gasteiger partial charge < -0.3 is 19.9 Å². The average Bonchev–Trinajstić information content (AvgIpc) is 3.35. The average molecular weight is 528 g/mol. The van der Waals surface area contributed by atoms with Crippen molar-refractivity contribution in [3.8, 4) is 5.75 Å². The third-order valence-electron chi connectivity index (χ3n) is 7.50.